The van der Waals surface area contributed by atoms with E-state index in [1.807, 2.05) is 0 Å². The second kappa shape index (κ2) is 18.9. The third-order valence-corrected chi connectivity index (χ3v) is 7.07. The minimum atomic E-state index is -3.95. The predicted octanol–water partition coefficient (Wildman–Crippen LogP) is 7.06. The predicted molar refractivity (Wildman–Crippen MR) is 120 cm³/mol. The zero-order valence-corrected chi connectivity index (χ0v) is 19.5. The average Bonchev–Trinajstić information content (AvgIpc) is 2.64. The van der Waals surface area contributed by atoms with E-state index < -0.39 is 15.4 Å². The molecule has 2 atom stereocenters. The number of hydrogen-bond acceptors (Lipinski definition) is 3. The molecule has 0 amide bonds. The third kappa shape index (κ3) is 17.9. The Morgan fingerprint density at radius 1 is 0.571 bits per heavy atom. The van der Waals surface area contributed by atoms with Gasteiger partial charge in [0, 0.05) is 0 Å². The largest absolute Gasteiger partial charge is 0.393 e. The van der Waals surface area contributed by atoms with Crippen LogP contribution in [0.1, 0.15) is 136 Å². The van der Waals surface area contributed by atoms with Crippen molar-refractivity contribution < 1.29 is 18.1 Å². The van der Waals surface area contributed by atoms with Crippen LogP contribution in [-0.4, -0.2) is 29.4 Å². The Balaban J connectivity index is 3.73. The Morgan fingerprint density at radius 2 is 0.893 bits per heavy atom. The summed E-state index contributed by atoms with van der Waals surface area (Å²) in [5.41, 5.74) is 0. The van der Waals surface area contributed by atoms with E-state index in [1.54, 1.807) is 0 Å². The summed E-state index contributed by atoms with van der Waals surface area (Å²) >= 11 is 0. The fourth-order valence-electron chi connectivity index (χ4n) is 3.83. The van der Waals surface area contributed by atoms with Crippen molar-refractivity contribution in [3.8, 4) is 0 Å². The summed E-state index contributed by atoms with van der Waals surface area (Å²) in [6.07, 6.45) is 19.6. The highest BCUT2D eigenvalue weighted by molar-refractivity contribution is 7.86. The van der Waals surface area contributed by atoms with Gasteiger partial charge in [-0.3, -0.25) is 4.55 Å². The minimum absolute atomic E-state index is 0.265. The number of aliphatic hydroxyl groups excluding tert-OH is 1. The van der Waals surface area contributed by atoms with Gasteiger partial charge in [0.2, 0.25) is 0 Å². The molecule has 0 aliphatic heterocycles. The first-order valence-corrected chi connectivity index (χ1v) is 13.6. The zero-order valence-electron chi connectivity index (χ0n) is 18.7. The molecule has 4 nitrogen and oxygen atoms in total. The second-order valence-electron chi connectivity index (χ2n) is 8.54. The zero-order chi connectivity index (χ0) is 21.1. The van der Waals surface area contributed by atoms with E-state index in [2.05, 4.69) is 13.8 Å². The summed E-state index contributed by atoms with van der Waals surface area (Å²) in [5, 5.41) is 9.48. The van der Waals surface area contributed by atoms with Gasteiger partial charge in [0.1, 0.15) is 0 Å². The van der Waals surface area contributed by atoms with Crippen LogP contribution < -0.4 is 0 Å². The summed E-state index contributed by atoms with van der Waals surface area (Å²) < 4.78 is 32.6. The smallest absolute Gasteiger partial charge is 0.267 e. The summed E-state index contributed by atoms with van der Waals surface area (Å²) in [7, 11) is -3.95. The van der Waals surface area contributed by atoms with Gasteiger partial charge in [-0.25, -0.2) is 0 Å². The monoisotopic (exact) mass is 420 g/mol. The minimum Gasteiger partial charge on any atom is -0.393 e. The van der Waals surface area contributed by atoms with Crippen LogP contribution in [0.4, 0.5) is 0 Å². The maximum atomic E-state index is 11.6. The van der Waals surface area contributed by atoms with Crippen LogP contribution in [0.25, 0.3) is 0 Å². The molecule has 0 aromatic heterocycles. The van der Waals surface area contributed by atoms with Crippen LogP contribution in [-0.2, 0) is 10.1 Å². The number of aliphatic hydroxyl groups is 1. The third-order valence-electron chi connectivity index (χ3n) is 5.76. The molecule has 170 valence electrons. The van der Waals surface area contributed by atoms with Gasteiger partial charge in [-0.2, -0.15) is 8.42 Å². The highest BCUT2D eigenvalue weighted by atomic mass is 32.2. The molecule has 0 aromatic rings. The standard InChI is InChI=1S/C23H48O4S/c1-3-5-7-9-10-11-13-14-18-22(24)19-16-17-21-23(28(25,26)27)20-15-12-8-6-4-2/h22-24H,3-21H2,1-2H3,(H,25,26,27). The van der Waals surface area contributed by atoms with Crippen molar-refractivity contribution >= 4 is 10.1 Å². The normalized spacial score (nSPS) is 14.3. The number of hydrogen-bond donors (Lipinski definition) is 2. The Bertz CT molecular complexity index is 422. The van der Waals surface area contributed by atoms with E-state index in [0.29, 0.717) is 12.8 Å². The average molecular weight is 421 g/mol. The van der Waals surface area contributed by atoms with Crippen LogP contribution in [0.15, 0.2) is 0 Å². The highest BCUT2D eigenvalue weighted by Gasteiger charge is 2.22. The molecular weight excluding hydrogens is 372 g/mol. The Labute approximate surface area is 175 Å². The molecular formula is C23H48O4S. The fraction of sp³-hybridized carbons (Fsp3) is 1.00. The topological polar surface area (TPSA) is 74.6 Å². The van der Waals surface area contributed by atoms with Crippen LogP contribution in [0.5, 0.6) is 0 Å². The lowest BCUT2D eigenvalue weighted by atomic mass is 10.0. The molecule has 28 heavy (non-hydrogen) atoms. The maximum absolute atomic E-state index is 11.6. The molecule has 0 rings (SSSR count). The molecule has 0 spiro atoms. The van der Waals surface area contributed by atoms with Gasteiger partial charge in [-0.15, -0.1) is 0 Å². The van der Waals surface area contributed by atoms with Gasteiger partial charge < -0.3 is 5.11 Å². The first-order chi connectivity index (χ1) is 13.4. The quantitative estimate of drug-likeness (QED) is 0.154. The SMILES string of the molecule is CCCCCCCCCCC(O)CCCCC(CCCCCCC)S(=O)(=O)O. The molecule has 5 heteroatoms. The van der Waals surface area contributed by atoms with Crippen LogP contribution in [0.3, 0.4) is 0 Å². The van der Waals surface area contributed by atoms with E-state index >= 15 is 0 Å². The molecule has 2 unspecified atom stereocenters. The van der Waals surface area contributed by atoms with Crippen LogP contribution in [0.2, 0.25) is 0 Å². The molecule has 2 N–H and O–H groups in total. The van der Waals surface area contributed by atoms with Crippen molar-refractivity contribution in [3.63, 3.8) is 0 Å². The van der Waals surface area contributed by atoms with Crippen LogP contribution >= 0.6 is 0 Å². The first kappa shape index (κ1) is 27.9. The molecule has 0 bridgehead atoms. The lowest BCUT2D eigenvalue weighted by Gasteiger charge is -2.15. The molecule has 0 radical (unpaired) electrons. The van der Waals surface area contributed by atoms with Gasteiger partial charge in [0.15, 0.2) is 0 Å². The Hall–Kier alpha value is -0.130. The Morgan fingerprint density at radius 3 is 1.32 bits per heavy atom. The van der Waals surface area contributed by atoms with Crippen LogP contribution in [0, 0.1) is 0 Å². The van der Waals surface area contributed by atoms with Gasteiger partial charge in [0.25, 0.3) is 10.1 Å². The summed E-state index contributed by atoms with van der Waals surface area (Å²) in [6, 6.07) is 0. The number of rotatable bonds is 21. The van der Waals surface area contributed by atoms with Gasteiger partial charge in [-0.05, 0) is 25.7 Å². The van der Waals surface area contributed by atoms with E-state index in [0.717, 1.165) is 51.4 Å². The fourth-order valence-corrected chi connectivity index (χ4v) is 4.76. The first-order valence-electron chi connectivity index (χ1n) is 12.1. The molecule has 0 aromatic carbocycles. The maximum Gasteiger partial charge on any atom is 0.267 e. The second-order valence-corrected chi connectivity index (χ2v) is 10.2. The highest BCUT2D eigenvalue weighted by Crippen LogP contribution is 2.19. The van der Waals surface area contributed by atoms with Crippen molar-refractivity contribution in [2.24, 2.45) is 0 Å². The van der Waals surface area contributed by atoms with Crippen molar-refractivity contribution in [1.29, 1.82) is 0 Å². The van der Waals surface area contributed by atoms with Gasteiger partial charge >= 0.3 is 0 Å². The van der Waals surface area contributed by atoms with Crippen molar-refractivity contribution in [2.75, 3.05) is 0 Å². The van der Waals surface area contributed by atoms with Crippen molar-refractivity contribution in [1.82, 2.24) is 0 Å². The summed E-state index contributed by atoms with van der Waals surface area (Å²) in [6.45, 7) is 4.39. The van der Waals surface area contributed by atoms with E-state index in [4.69, 9.17) is 0 Å². The lowest BCUT2D eigenvalue weighted by molar-refractivity contribution is 0.147. The van der Waals surface area contributed by atoms with Crippen molar-refractivity contribution in [3.05, 3.63) is 0 Å². The van der Waals surface area contributed by atoms with Gasteiger partial charge in [-0.1, -0.05) is 110 Å². The number of unbranched alkanes of at least 4 members (excludes halogenated alkanes) is 12. The van der Waals surface area contributed by atoms with E-state index in [1.165, 1.54) is 57.8 Å². The molecule has 0 fully saturated rings. The Kier molecular flexibility index (Phi) is 18.8. The lowest BCUT2D eigenvalue weighted by Crippen LogP contribution is -2.20. The summed E-state index contributed by atoms with van der Waals surface area (Å²) in [4.78, 5) is 0. The molecule has 0 aliphatic carbocycles. The molecule has 0 heterocycles. The van der Waals surface area contributed by atoms with E-state index in [9.17, 15) is 18.1 Å². The van der Waals surface area contributed by atoms with Gasteiger partial charge in [0.05, 0.1) is 11.4 Å². The summed E-state index contributed by atoms with van der Waals surface area (Å²) in [5.74, 6) is 0. The molecule has 0 aliphatic rings. The van der Waals surface area contributed by atoms with Crippen molar-refractivity contribution in [2.45, 2.75) is 147 Å². The van der Waals surface area contributed by atoms with E-state index in [-0.39, 0.29) is 6.10 Å². The molecule has 0 saturated carbocycles. The molecule has 0 saturated heterocycles.